The second kappa shape index (κ2) is 4.30. The fourth-order valence-electron chi connectivity index (χ4n) is 2.43. The van der Waals surface area contributed by atoms with E-state index in [-0.39, 0.29) is 5.78 Å². The Balaban J connectivity index is 2.16. The Kier molecular flexibility index (Phi) is 2.73. The summed E-state index contributed by atoms with van der Waals surface area (Å²) in [6, 6.07) is 7.58. The minimum absolute atomic E-state index is 0.0101. The zero-order valence-electron chi connectivity index (χ0n) is 10.8. The van der Waals surface area contributed by atoms with Crippen LogP contribution < -0.4 is 0 Å². The van der Waals surface area contributed by atoms with Gasteiger partial charge in [0.25, 0.3) is 0 Å². The molecular weight excluding hydrogens is 240 g/mol. The van der Waals surface area contributed by atoms with Crippen LogP contribution in [0.15, 0.2) is 53.6 Å². The fraction of sp³-hybridized carbons (Fsp3) is 0.188. The van der Waals surface area contributed by atoms with Crippen LogP contribution in [0.5, 0.6) is 0 Å². The van der Waals surface area contributed by atoms with Crippen molar-refractivity contribution in [3.8, 4) is 0 Å². The Labute approximate surface area is 111 Å². The second-order valence-corrected chi connectivity index (χ2v) is 4.54. The van der Waals surface area contributed by atoms with E-state index in [1.807, 2.05) is 42.5 Å². The highest BCUT2D eigenvalue weighted by atomic mass is 16.7. The van der Waals surface area contributed by atoms with Crippen LogP contribution in [0, 0.1) is 0 Å². The number of Topliss-reactive ketones (excluding diaryl/α,β-unsaturated/α-hetero) is 1. The average Bonchev–Trinajstić information content (AvgIpc) is 2.47. The molecule has 0 radical (unpaired) electrons. The molecule has 0 saturated heterocycles. The van der Waals surface area contributed by atoms with Crippen molar-refractivity contribution in [1.82, 2.24) is 0 Å². The summed E-state index contributed by atoms with van der Waals surface area (Å²) in [5.74, 6) is -0.940. The van der Waals surface area contributed by atoms with Crippen molar-refractivity contribution < 1.29 is 14.3 Å². The summed E-state index contributed by atoms with van der Waals surface area (Å²) in [4.78, 5) is 12.5. The van der Waals surface area contributed by atoms with Crippen LogP contribution in [-0.2, 0) is 9.47 Å². The van der Waals surface area contributed by atoms with Gasteiger partial charge in [-0.25, -0.2) is 0 Å². The van der Waals surface area contributed by atoms with Gasteiger partial charge in [-0.1, -0.05) is 30.3 Å². The molecule has 0 heterocycles. The van der Waals surface area contributed by atoms with E-state index in [0.717, 1.165) is 11.1 Å². The Morgan fingerprint density at radius 3 is 2.58 bits per heavy atom. The summed E-state index contributed by atoms with van der Waals surface area (Å²) in [7, 11) is 3.11. The number of carbonyl (C=O) groups is 1. The Hall–Kier alpha value is -1.97. The van der Waals surface area contributed by atoms with Gasteiger partial charge in [0.2, 0.25) is 5.79 Å². The largest absolute Gasteiger partial charge is 0.346 e. The Morgan fingerprint density at radius 1 is 1.11 bits per heavy atom. The number of fused-ring (bicyclic) bond motifs is 2. The molecule has 0 unspecified atom stereocenters. The number of allylic oxidation sites excluding steroid dienone is 3. The molecule has 0 fully saturated rings. The third kappa shape index (κ3) is 1.79. The van der Waals surface area contributed by atoms with E-state index in [1.165, 1.54) is 0 Å². The van der Waals surface area contributed by atoms with Gasteiger partial charge in [0.05, 0.1) is 0 Å². The van der Waals surface area contributed by atoms with Gasteiger partial charge in [-0.15, -0.1) is 0 Å². The van der Waals surface area contributed by atoms with Crippen molar-refractivity contribution >= 4 is 11.9 Å². The number of ether oxygens (including phenoxy) is 2. The molecule has 3 heteroatoms. The first-order chi connectivity index (χ1) is 9.19. The fourth-order valence-corrected chi connectivity index (χ4v) is 2.43. The lowest BCUT2D eigenvalue weighted by atomic mass is 9.83. The average molecular weight is 254 g/mol. The molecule has 0 saturated carbocycles. The molecule has 2 aliphatic carbocycles. The van der Waals surface area contributed by atoms with E-state index >= 15 is 0 Å². The summed E-state index contributed by atoms with van der Waals surface area (Å²) in [6.07, 6.45) is 7.42. The first-order valence-electron chi connectivity index (χ1n) is 6.07. The van der Waals surface area contributed by atoms with Gasteiger partial charge < -0.3 is 9.47 Å². The smallest absolute Gasteiger partial charge is 0.208 e. The normalized spacial score (nSPS) is 19.4. The van der Waals surface area contributed by atoms with Crippen LogP contribution in [0.4, 0.5) is 0 Å². The SMILES string of the molecule is COC1(OC)C=CC2=Cc3ccccc3C(=O)C2=C1. The molecular formula is C16H14O3. The van der Waals surface area contributed by atoms with Crippen LogP contribution in [0.25, 0.3) is 6.08 Å². The maximum absolute atomic E-state index is 12.5. The summed E-state index contributed by atoms with van der Waals surface area (Å²) in [5.41, 5.74) is 3.19. The first-order valence-corrected chi connectivity index (χ1v) is 6.07. The molecule has 0 aliphatic heterocycles. The number of ketones is 1. The molecule has 96 valence electrons. The molecule has 0 aromatic heterocycles. The highest BCUT2D eigenvalue weighted by Crippen LogP contribution is 2.35. The maximum Gasteiger partial charge on any atom is 0.208 e. The van der Waals surface area contributed by atoms with Crippen LogP contribution >= 0.6 is 0 Å². The number of hydrogen-bond acceptors (Lipinski definition) is 3. The molecule has 0 amide bonds. The van der Waals surface area contributed by atoms with Crippen LogP contribution in [0.2, 0.25) is 0 Å². The molecule has 2 aliphatic rings. The zero-order valence-corrected chi connectivity index (χ0v) is 10.8. The van der Waals surface area contributed by atoms with E-state index in [0.29, 0.717) is 11.1 Å². The molecule has 0 bridgehead atoms. The molecule has 19 heavy (non-hydrogen) atoms. The summed E-state index contributed by atoms with van der Waals surface area (Å²) < 4.78 is 10.7. The predicted molar refractivity (Wildman–Crippen MR) is 72.7 cm³/mol. The summed E-state index contributed by atoms with van der Waals surface area (Å²) in [5, 5.41) is 0. The minimum atomic E-state index is -0.950. The van der Waals surface area contributed by atoms with E-state index in [4.69, 9.17) is 9.47 Å². The standard InChI is InChI=1S/C16H14O3/c1-18-16(19-2)8-7-12-9-11-5-3-4-6-13(11)15(17)14(12)10-16/h3-10H,1-2H3. The number of rotatable bonds is 2. The van der Waals surface area contributed by atoms with Crippen molar-refractivity contribution in [3.05, 3.63) is 64.8 Å². The van der Waals surface area contributed by atoms with Gasteiger partial charge in [0, 0.05) is 25.4 Å². The molecule has 1 aromatic rings. The van der Waals surface area contributed by atoms with Crippen molar-refractivity contribution in [3.63, 3.8) is 0 Å². The van der Waals surface area contributed by atoms with E-state index < -0.39 is 5.79 Å². The maximum atomic E-state index is 12.5. The van der Waals surface area contributed by atoms with Crippen molar-refractivity contribution in [1.29, 1.82) is 0 Å². The van der Waals surface area contributed by atoms with Gasteiger partial charge in [0.1, 0.15) is 0 Å². The highest BCUT2D eigenvalue weighted by Gasteiger charge is 2.33. The van der Waals surface area contributed by atoms with Crippen LogP contribution in [0.1, 0.15) is 15.9 Å². The van der Waals surface area contributed by atoms with Crippen LogP contribution in [0.3, 0.4) is 0 Å². The molecule has 3 rings (SSSR count). The number of benzene rings is 1. The second-order valence-electron chi connectivity index (χ2n) is 4.54. The highest BCUT2D eigenvalue weighted by molar-refractivity contribution is 6.17. The number of methoxy groups -OCH3 is 2. The Morgan fingerprint density at radius 2 is 1.84 bits per heavy atom. The van der Waals surface area contributed by atoms with Gasteiger partial charge in [-0.3, -0.25) is 4.79 Å². The molecule has 0 spiro atoms. The van der Waals surface area contributed by atoms with Crippen molar-refractivity contribution in [2.75, 3.05) is 14.2 Å². The third-order valence-electron chi connectivity index (χ3n) is 3.55. The summed E-state index contributed by atoms with van der Waals surface area (Å²) in [6.45, 7) is 0. The lowest BCUT2D eigenvalue weighted by Crippen LogP contribution is -2.32. The topological polar surface area (TPSA) is 35.5 Å². The van der Waals surface area contributed by atoms with Crippen LogP contribution in [-0.4, -0.2) is 25.8 Å². The lowest BCUT2D eigenvalue weighted by molar-refractivity contribution is -0.133. The minimum Gasteiger partial charge on any atom is -0.346 e. The Bertz CT molecular complexity index is 631. The monoisotopic (exact) mass is 254 g/mol. The van der Waals surface area contributed by atoms with Gasteiger partial charge >= 0.3 is 0 Å². The molecule has 1 aromatic carbocycles. The van der Waals surface area contributed by atoms with Gasteiger partial charge in [0.15, 0.2) is 5.78 Å². The van der Waals surface area contributed by atoms with Gasteiger partial charge in [-0.2, -0.15) is 0 Å². The van der Waals surface area contributed by atoms with E-state index in [9.17, 15) is 4.79 Å². The van der Waals surface area contributed by atoms with Gasteiger partial charge in [-0.05, 0) is 29.4 Å². The number of carbonyl (C=O) groups excluding carboxylic acids is 1. The first kappa shape index (κ1) is 12.1. The molecule has 3 nitrogen and oxygen atoms in total. The number of hydrogen-bond donors (Lipinski definition) is 0. The van der Waals surface area contributed by atoms with E-state index in [2.05, 4.69) is 0 Å². The lowest BCUT2D eigenvalue weighted by Gasteiger charge is -2.30. The summed E-state index contributed by atoms with van der Waals surface area (Å²) >= 11 is 0. The van der Waals surface area contributed by atoms with E-state index in [1.54, 1.807) is 20.3 Å². The third-order valence-corrected chi connectivity index (χ3v) is 3.55. The van der Waals surface area contributed by atoms with Crippen molar-refractivity contribution in [2.24, 2.45) is 0 Å². The molecule has 0 N–H and O–H groups in total. The van der Waals surface area contributed by atoms with Crippen molar-refractivity contribution in [2.45, 2.75) is 5.79 Å². The zero-order chi connectivity index (χ0) is 13.5. The predicted octanol–water partition coefficient (Wildman–Crippen LogP) is 2.75. The molecule has 0 atom stereocenters. The quantitative estimate of drug-likeness (QED) is 0.761.